The van der Waals surface area contributed by atoms with Crippen molar-refractivity contribution >= 4 is 38.9 Å². The van der Waals surface area contributed by atoms with Crippen LogP contribution < -0.4 is 0 Å². The van der Waals surface area contributed by atoms with E-state index in [4.69, 9.17) is 4.74 Å². The number of fused-ring (bicyclic) bond motifs is 1. The van der Waals surface area contributed by atoms with Crippen LogP contribution in [0.5, 0.6) is 0 Å². The highest BCUT2D eigenvalue weighted by atomic mass is 32.1. The van der Waals surface area contributed by atoms with Crippen molar-refractivity contribution in [1.29, 1.82) is 0 Å². The van der Waals surface area contributed by atoms with Gasteiger partial charge in [-0.05, 0) is 36.4 Å². The number of ether oxygens (including phenoxy) is 1. The summed E-state index contributed by atoms with van der Waals surface area (Å²) in [5.74, 6) is -0.553. The molecule has 0 saturated carbocycles. The van der Waals surface area contributed by atoms with Gasteiger partial charge in [0.15, 0.2) is 0 Å². The Morgan fingerprint density at radius 3 is 2.70 bits per heavy atom. The lowest BCUT2D eigenvalue weighted by Gasteiger charge is -2.01. The number of thiazole rings is 2. The maximum absolute atomic E-state index is 13.0. The molecule has 0 aliphatic heterocycles. The number of aryl methyl sites for hydroxylation is 1. The summed E-state index contributed by atoms with van der Waals surface area (Å²) >= 11 is 3.04. The second-order valence-electron chi connectivity index (χ2n) is 5.89. The van der Waals surface area contributed by atoms with Crippen LogP contribution in [-0.2, 0) is 22.6 Å². The molecule has 0 fully saturated rings. The molecule has 136 valence electrons. The Balaban J connectivity index is 1.29. The average Bonchev–Trinajstić information content (AvgIpc) is 3.32. The Hall–Kier alpha value is -2.64. The van der Waals surface area contributed by atoms with E-state index in [0.29, 0.717) is 12.1 Å². The Labute approximate surface area is 163 Å². The first-order valence-corrected chi connectivity index (χ1v) is 10.1. The predicted molar refractivity (Wildman–Crippen MR) is 105 cm³/mol. The van der Waals surface area contributed by atoms with Gasteiger partial charge < -0.3 is 4.74 Å². The SMILES string of the molecule is O=C(CCc1nc2ccccc2s1)OCc1csc(-c2ccc(F)cc2)n1. The highest BCUT2D eigenvalue weighted by Gasteiger charge is 2.10. The van der Waals surface area contributed by atoms with Gasteiger partial charge in [0, 0.05) is 17.4 Å². The normalized spacial score (nSPS) is 11.0. The highest BCUT2D eigenvalue weighted by Crippen LogP contribution is 2.25. The third-order valence-corrected chi connectivity index (χ3v) is 5.94. The first-order chi connectivity index (χ1) is 13.2. The molecule has 2 aromatic heterocycles. The van der Waals surface area contributed by atoms with Crippen molar-refractivity contribution in [2.24, 2.45) is 0 Å². The monoisotopic (exact) mass is 398 g/mol. The molecule has 4 rings (SSSR count). The van der Waals surface area contributed by atoms with E-state index in [1.54, 1.807) is 23.5 Å². The maximum Gasteiger partial charge on any atom is 0.306 e. The largest absolute Gasteiger partial charge is 0.459 e. The van der Waals surface area contributed by atoms with E-state index in [0.717, 1.165) is 25.8 Å². The van der Waals surface area contributed by atoms with Gasteiger partial charge in [-0.1, -0.05) is 12.1 Å². The summed E-state index contributed by atoms with van der Waals surface area (Å²) in [6.45, 7) is 0.135. The smallest absolute Gasteiger partial charge is 0.306 e. The molecule has 0 spiro atoms. The minimum atomic E-state index is -0.280. The molecule has 7 heteroatoms. The fourth-order valence-electron chi connectivity index (χ4n) is 2.56. The number of rotatable bonds is 6. The predicted octanol–water partition coefficient (Wildman–Crippen LogP) is 5.23. The zero-order chi connectivity index (χ0) is 18.6. The number of benzene rings is 2. The van der Waals surface area contributed by atoms with Gasteiger partial charge in [-0.3, -0.25) is 4.79 Å². The first-order valence-electron chi connectivity index (χ1n) is 8.38. The molecule has 0 atom stereocenters. The van der Waals surface area contributed by atoms with Crippen LogP contribution in [0, 0.1) is 5.82 Å². The summed E-state index contributed by atoms with van der Waals surface area (Å²) in [5.41, 5.74) is 2.49. The van der Waals surface area contributed by atoms with Gasteiger partial charge in [0.1, 0.15) is 17.4 Å². The van der Waals surface area contributed by atoms with Gasteiger partial charge >= 0.3 is 5.97 Å². The number of aromatic nitrogens is 2. The van der Waals surface area contributed by atoms with Crippen LogP contribution in [0.1, 0.15) is 17.1 Å². The van der Waals surface area contributed by atoms with Crippen molar-refractivity contribution in [3.05, 3.63) is 70.4 Å². The number of carbonyl (C=O) groups is 1. The molecule has 0 bridgehead atoms. The van der Waals surface area contributed by atoms with Crippen LogP contribution in [-0.4, -0.2) is 15.9 Å². The molecule has 0 aliphatic carbocycles. The van der Waals surface area contributed by atoms with E-state index >= 15 is 0 Å². The van der Waals surface area contributed by atoms with Gasteiger partial charge in [0.2, 0.25) is 0 Å². The van der Waals surface area contributed by atoms with Crippen molar-refractivity contribution < 1.29 is 13.9 Å². The van der Waals surface area contributed by atoms with Gasteiger partial charge in [0.05, 0.1) is 27.3 Å². The average molecular weight is 398 g/mol. The lowest BCUT2D eigenvalue weighted by molar-refractivity contribution is -0.145. The quantitative estimate of drug-likeness (QED) is 0.417. The lowest BCUT2D eigenvalue weighted by atomic mass is 10.2. The van der Waals surface area contributed by atoms with Crippen LogP contribution in [0.3, 0.4) is 0 Å². The third-order valence-electron chi connectivity index (χ3n) is 3.91. The molecule has 0 N–H and O–H groups in total. The molecule has 0 aliphatic rings. The standard InChI is InChI=1S/C20H15FN2O2S2/c21-14-7-5-13(6-8-14)20-22-15(12-26-20)11-25-19(24)10-9-18-23-16-3-1-2-4-17(16)27-18/h1-8,12H,9-11H2. The van der Waals surface area contributed by atoms with Crippen molar-refractivity contribution in [3.63, 3.8) is 0 Å². The van der Waals surface area contributed by atoms with Gasteiger partial charge in [0.25, 0.3) is 0 Å². The fourth-order valence-corrected chi connectivity index (χ4v) is 4.34. The molecule has 0 radical (unpaired) electrons. The van der Waals surface area contributed by atoms with Crippen LogP contribution in [0.2, 0.25) is 0 Å². The number of halogens is 1. The topological polar surface area (TPSA) is 52.1 Å². The second-order valence-corrected chi connectivity index (χ2v) is 7.86. The number of nitrogens with zero attached hydrogens (tertiary/aromatic N) is 2. The van der Waals surface area contributed by atoms with Crippen molar-refractivity contribution in [1.82, 2.24) is 9.97 Å². The molecule has 0 unspecified atom stereocenters. The lowest BCUT2D eigenvalue weighted by Crippen LogP contribution is -2.06. The molecule has 0 amide bonds. The highest BCUT2D eigenvalue weighted by molar-refractivity contribution is 7.18. The van der Waals surface area contributed by atoms with Gasteiger partial charge in [-0.15, -0.1) is 22.7 Å². The summed E-state index contributed by atoms with van der Waals surface area (Å²) in [5, 5.41) is 3.55. The van der Waals surface area contributed by atoms with Crippen LogP contribution >= 0.6 is 22.7 Å². The molecule has 2 heterocycles. The number of para-hydroxylation sites is 1. The van der Waals surface area contributed by atoms with E-state index < -0.39 is 0 Å². The van der Waals surface area contributed by atoms with Crippen molar-refractivity contribution in [3.8, 4) is 10.6 Å². The minimum absolute atomic E-state index is 0.135. The molecule has 4 nitrogen and oxygen atoms in total. The summed E-state index contributed by atoms with van der Waals surface area (Å²) < 4.78 is 19.4. The van der Waals surface area contributed by atoms with Crippen LogP contribution in [0.15, 0.2) is 53.9 Å². The fraction of sp³-hybridized carbons (Fsp3) is 0.150. The van der Waals surface area contributed by atoms with E-state index in [1.165, 1.54) is 23.5 Å². The van der Waals surface area contributed by atoms with Crippen LogP contribution in [0.25, 0.3) is 20.8 Å². The molecule has 4 aromatic rings. The molecular formula is C20H15FN2O2S2. The van der Waals surface area contributed by atoms with E-state index in [1.807, 2.05) is 29.6 Å². The summed E-state index contributed by atoms with van der Waals surface area (Å²) in [6.07, 6.45) is 0.852. The Morgan fingerprint density at radius 1 is 1.07 bits per heavy atom. The third kappa shape index (κ3) is 4.37. The number of hydrogen-bond donors (Lipinski definition) is 0. The van der Waals surface area contributed by atoms with E-state index in [9.17, 15) is 9.18 Å². The zero-order valence-electron chi connectivity index (χ0n) is 14.2. The Bertz CT molecular complexity index is 1040. The molecule has 0 saturated heterocycles. The zero-order valence-corrected chi connectivity index (χ0v) is 15.9. The second kappa shape index (κ2) is 7.94. The van der Waals surface area contributed by atoms with Crippen molar-refractivity contribution in [2.75, 3.05) is 0 Å². The van der Waals surface area contributed by atoms with E-state index in [2.05, 4.69) is 9.97 Å². The summed E-state index contributed by atoms with van der Waals surface area (Å²) in [6, 6.07) is 14.1. The number of esters is 1. The molecular weight excluding hydrogens is 383 g/mol. The number of hydrogen-bond acceptors (Lipinski definition) is 6. The summed E-state index contributed by atoms with van der Waals surface area (Å²) in [7, 11) is 0. The van der Waals surface area contributed by atoms with Crippen molar-refractivity contribution in [2.45, 2.75) is 19.4 Å². The molecule has 2 aromatic carbocycles. The minimum Gasteiger partial charge on any atom is -0.459 e. The molecule has 27 heavy (non-hydrogen) atoms. The maximum atomic E-state index is 13.0. The first kappa shape index (κ1) is 17.8. The van der Waals surface area contributed by atoms with Gasteiger partial charge in [-0.2, -0.15) is 0 Å². The number of carbonyl (C=O) groups excluding carboxylic acids is 1. The van der Waals surface area contributed by atoms with Crippen LogP contribution in [0.4, 0.5) is 4.39 Å². The summed E-state index contributed by atoms with van der Waals surface area (Å²) in [4.78, 5) is 21.0. The van der Waals surface area contributed by atoms with E-state index in [-0.39, 0.29) is 24.8 Å². The Morgan fingerprint density at radius 2 is 1.89 bits per heavy atom. The van der Waals surface area contributed by atoms with Gasteiger partial charge in [-0.25, -0.2) is 14.4 Å². The Kier molecular flexibility index (Phi) is 5.22.